The fourth-order valence-corrected chi connectivity index (χ4v) is 2.44. The van der Waals surface area contributed by atoms with Gasteiger partial charge in [0, 0.05) is 25.0 Å². The van der Waals surface area contributed by atoms with Crippen LogP contribution in [0.25, 0.3) is 0 Å². The van der Waals surface area contributed by atoms with Gasteiger partial charge in [-0.15, -0.1) is 23.7 Å². The zero-order valence-electron chi connectivity index (χ0n) is 11.3. The van der Waals surface area contributed by atoms with E-state index in [9.17, 15) is 4.79 Å². The van der Waals surface area contributed by atoms with E-state index in [1.54, 1.807) is 10.3 Å². The number of aromatic nitrogens is 1. The van der Waals surface area contributed by atoms with Crippen LogP contribution in [0.15, 0.2) is 35.7 Å². The molecule has 0 radical (unpaired) electrons. The van der Waals surface area contributed by atoms with Gasteiger partial charge in [0.2, 0.25) is 0 Å². The number of thiazole rings is 1. The number of carbonyl (C=O) groups is 1. The van der Waals surface area contributed by atoms with Crippen LogP contribution in [0.2, 0.25) is 0 Å². The summed E-state index contributed by atoms with van der Waals surface area (Å²) in [5, 5.41) is 2.57. The number of rotatable bonds is 5. The maximum atomic E-state index is 12.3. The Morgan fingerprint density at radius 3 is 2.60 bits per heavy atom. The molecule has 0 saturated carbocycles. The zero-order chi connectivity index (χ0) is 13.7. The van der Waals surface area contributed by atoms with Crippen molar-refractivity contribution in [2.75, 3.05) is 6.54 Å². The van der Waals surface area contributed by atoms with E-state index in [0.717, 1.165) is 10.6 Å². The monoisotopic (exact) mass is 311 g/mol. The first kappa shape index (κ1) is 16.6. The fraction of sp³-hybridized carbons (Fsp3) is 0.286. The average Bonchev–Trinajstić information content (AvgIpc) is 2.94. The third kappa shape index (κ3) is 4.03. The standard InChI is InChI=1S/C14H17N3OS.ClH/c1-2-17(9-11-6-4-3-5-7-11)14(18)12-10-19-13(8-15)16-12;/h3-7,10H,2,8-9,15H2,1H3;1H. The van der Waals surface area contributed by atoms with Gasteiger partial charge in [0.25, 0.3) is 5.91 Å². The largest absolute Gasteiger partial charge is 0.333 e. The molecule has 0 aliphatic heterocycles. The first-order chi connectivity index (χ1) is 9.24. The summed E-state index contributed by atoms with van der Waals surface area (Å²) in [6.45, 7) is 3.61. The van der Waals surface area contributed by atoms with E-state index >= 15 is 0 Å². The Balaban J connectivity index is 0.00000200. The first-order valence-corrected chi connectivity index (χ1v) is 7.10. The van der Waals surface area contributed by atoms with Crippen LogP contribution in [-0.2, 0) is 13.1 Å². The summed E-state index contributed by atoms with van der Waals surface area (Å²) in [5.74, 6) is -0.0395. The van der Waals surface area contributed by atoms with E-state index in [1.807, 2.05) is 37.3 Å². The number of nitrogens with zero attached hydrogens (tertiary/aromatic N) is 2. The molecule has 1 aromatic heterocycles. The summed E-state index contributed by atoms with van der Waals surface area (Å²) in [6.07, 6.45) is 0. The van der Waals surface area contributed by atoms with Crippen molar-refractivity contribution in [3.8, 4) is 0 Å². The average molecular weight is 312 g/mol. The van der Waals surface area contributed by atoms with Crippen LogP contribution in [0, 0.1) is 0 Å². The fourth-order valence-electron chi connectivity index (χ4n) is 1.80. The molecular weight excluding hydrogens is 294 g/mol. The van der Waals surface area contributed by atoms with Crippen molar-refractivity contribution in [3.63, 3.8) is 0 Å². The quantitative estimate of drug-likeness (QED) is 0.923. The Morgan fingerprint density at radius 1 is 1.35 bits per heavy atom. The molecule has 2 N–H and O–H groups in total. The van der Waals surface area contributed by atoms with Gasteiger partial charge in [-0.25, -0.2) is 4.98 Å². The molecule has 4 nitrogen and oxygen atoms in total. The van der Waals surface area contributed by atoms with Gasteiger partial charge >= 0.3 is 0 Å². The van der Waals surface area contributed by atoms with Crippen molar-refractivity contribution in [2.45, 2.75) is 20.0 Å². The van der Waals surface area contributed by atoms with Crippen LogP contribution in [0.3, 0.4) is 0 Å². The molecule has 1 aromatic carbocycles. The van der Waals surface area contributed by atoms with Crippen molar-refractivity contribution in [2.24, 2.45) is 5.73 Å². The molecule has 0 aliphatic carbocycles. The van der Waals surface area contributed by atoms with Gasteiger partial charge in [0.15, 0.2) is 0 Å². The minimum absolute atomic E-state index is 0. The molecule has 0 saturated heterocycles. The molecule has 0 fully saturated rings. The van der Waals surface area contributed by atoms with Gasteiger partial charge in [-0.3, -0.25) is 4.79 Å². The van der Waals surface area contributed by atoms with Crippen LogP contribution in [0.5, 0.6) is 0 Å². The third-order valence-corrected chi connectivity index (χ3v) is 3.70. The van der Waals surface area contributed by atoms with E-state index in [1.165, 1.54) is 11.3 Å². The van der Waals surface area contributed by atoms with Crippen molar-refractivity contribution >= 4 is 29.7 Å². The normalized spacial score (nSPS) is 9.90. The van der Waals surface area contributed by atoms with Crippen LogP contribution in [0.1, 0.15) is 28.0 Å². The summed E-state index contributed by atoms with van der Waals surface area (Å²) in [6, 6.07) is 9.95. The highest BCUT2D eigenvalue weighted by Crippen LogP contribution is 2.13. The molecule has 0 unspecified atom stereocenters. The molecule has 2 rings (SSSR count). The number of amides is 1. The summed E-state index contributed by atoms with van der Waals surface area (Å²) in [5.41, 5.74) is 7.13. The minimum Gasteiger partial charge on any atom is -0.333 e. The zero-order valence-corrected chi connectivity index (χ0v) is 12.9. The molecular formula is C14H18ClN3OS. The second-order valence-electron chi connectivity index (χ2n) is 4.14. The summed E-state index contributed by atoms with van der Waals surface area (Å²) >= 11 is 1.43. The first-order valence-electron chi connectivity index (χ1n) is 6.22. The maximum Gasteiger partial charge on any atom is 0.273 e. The van der Waals surface area contributed by atoms with Crippen LogP contribution >= 0.6 is 23.7 Å². The molecule has 0 atom stereocenters. The SMILES string of the molecule is CCN(Cc1ccccc1)C(=O)c1csc(CN)n1.Cl. The highest BCUT2D eigenvalue weighted by Gasteiger charge is 2.17. The molecule has 1 heterocycles. The predicted octanol–water partition coefficient (Wildman–Crippen LogP) is 2.69. The molecule has 108 valence electrons. The van der Waals surface area contributed by atoms with Gasteiger partial charge in [0.05, 0.1) is 0 Å². The van der Waals surface area contributed by atoms with Crippen molar-refractivity contribution in [1.29, 1.82) is 0 Å². The van der Waals surface area contributed by atoms with Crippen LogP contribution < -0.4 is 5.73 Å². The summed E-state index contributed by atoms with van der Waals surface area (Å²) < 4.78 is 0. The molecule has 0 spiro atoms. The number of benzene rings is 1. The molecule has 2 aromatic rings. The Labute approximate surface area is 129 Å². The van der Waals surface area contributed by atoms with Gasteiger partial charge in [-0.2, -0.15) is 0 Å². The van der Waals surface area contributed by atoms with Gasteiger partial charge in [-0.05, 0) is 12.5 Å². The molecule has 0 bridgehead atoms. The predicted molar refractivity (Wildman–Crippen MR) is 84.1 cm³/mol. The Kier molecular flexibility index (Phi) is 6.64. The summed E-state index contributed by atoms with van der Waals surface area (Å²) in [7, 11) is 0. The Bertz CT molecular complexity index is 544. The van der Waals surface area contributed by atoms with E-state index in [2.05, 4.69) is 4.98 Å². The number of nitrogens with two attached hydrogens (primary N) is 1. The lowest BCUT2D eigenvalue weighted by atomic mass is 10.2. The number of hydrogen-bond acceptors (Lipinski definition) is 4. The summed E-state index contributed by atoms with van der Waals surface area (Å²) in [4.78, 5) is 18.4. The third-order valence-electron chi connectivity index (χ3n) is 2.83. The van der Waals surface area contributed by atoms with Gasteiger partial charge in [0.1, 0.15) is 10.7 Å². The van der Waals surface area contributed by atoms with Crippen LogP contribution in [0.4, 0.5) is 0 Å². The molecule has 20 heavy (non-hydrogen) atoms. The molecule has 1 amide bonds. The number of hydrogen-bond donors (Lipinski definition) is 1. The minimum atomic E-state index is -0.0395. The second-order valence-corrected chi connectivity index (χ2v) is 5.08. The topological polar surface area (TPSA) is 59.2 Å². The second kappa shape index (κ2) is 7.99. The highest BCUT2D eigenvalue weighted by atomic mass is 35.5. The molecule has 6 heteroatoms. The van der Waals surface area contributed by atoms with Gasteiger partial charge in [-0.1, -0.05) is 30.3 Å². The highest BCUT2D eigenvalue weighted by molar-refractivity contribution is 7.09. The lowest BCUT2D eigenvalue weighted by Gasteiger charge is -2.19. The van der Waals surface area contributed by atoms with E-state index < -0.39 is 0 Å². The lowest BCUT2D eigenvalue weighted by molar-refractivity contribution is 0.0747. The van der Waals surface area contributed by atoms with E-state index in [4.69, 9.17) is 5.73 Å². The maximum absolute atomic E-state index is 12.3. The number of carbonyl (C=O) groups excluding carboxylic acids is 1. The Morgan fingerprint density at radius 2 is 2.05 bits per heavy atom. The smallest absolute Gasteiger partial charge is 0.273 e. The molecule has 0 aliphatic rings. The van der Waals surface area contributed by atoms with Crippen molar-refractivity contribution < 1.29 is 4.79 Å². The van der Waals surface area contributed by atoms with E-state index in [0.29, 0.717) is 25.3 Å². The van der Waals surface area contributed by atoms with E-state index in [-0.39, 0.29) is 18.3 Å². The van der Waals surface area contributed by atoms with Crippen molar-refractivity contribution in [1.82, 2.24) is 9.88 Å². The Hall–Kier alpha value is -1.43. The number of halogens is 1. The van der Waals surface area contributed by atoms with Crippen LogP contribution in [-0.4, -0.2) is 22.3 Å². The lowest BCUT2D eigenvalue weighted by Crippen LogP contribution is -2.30. The van der Waals surface area contributed by atoms with Crippen molar-refractivity contribution in [3.05, 3.63) is 52.0 Å². The van der Waals surface area contributed by atoms with Gasteiger partial charge < -0.3 is 10.6 Å².